The van der Waals surface area contributed by atoms with Gasteiger partial charge in [-0.3, -0.25) is 9.89 Å². The first-order chi connectivity index (χ1) is 11.2. The molecule has 23 heavy (non-hydrogen) atoms. The Hall–Kier alpha value is -2.50. The number of rotatable bonds is 4. The molecule has 0 spiro atoms. The summed E-state index contributed by atoms with van der Waals surface area (Å²) in [6, 6.07) is 7.70. The van der Waals surface area contributed by atoms with Crippen molar-refractivity contribution in [3.63, 3.8) is 0 Å². The first-order valence-electron chi connectivity index (χ1n) is 7.84. The van der Waals surface area contributed by atoms with Gasteiger partial charge in [0, 0.05) is 19.2 Å². The highest BCUT2D eigenvalue weighted by molar-refractivity contribution is 5.92. The van der Waals surface area contributed by atoms with E-state index in [2.05, 4.69) is 16.3 Å². The molecule has 2 aromatic rings. The van der Waals surface area contributed by atoms with Crippen LogP contribution in [-0.2, 0) is 13.0 Å². The fraction of sp³-hybridized carbons (Fsp3) is 0.412. The molecule has 1 aliphatic rings. The third-order valence-electron chi connectivity index (χ3n) is 4.01. The van der Waals surface area contributed by atoms with Crippen LogP contribution in [0.25, 0.3) is 0 Å². The summed E-state index contributed by atoms with van der Waals surface area (Å²) >= 11 is 0. The third kappa shape index (κ3) is 3.31. The Morgan fingerprint density at radius 2 is 2.22 bits per heavy atom. The Morgan fingerprint density at radius 3 is 3.00 bits per heavy atom. The van der Waals surface area contributed by atoms with Crippen molar-refractivity contribution in [1.29, 1.82) is 0 Å². The molecule has 1 amide bonds. The number of hydrogen-bond donors (Lipinski definition) is 1. The summed E-state index contributed by atoms with van der Waals surface area (Å²) in [6.07, 6.45) is 1.88. The highest BCUT2D eigenvalue weighted by Gasteiger charge is 2.22. The first kappa shape index (κ1) is 15.4. The van der Waals surface area contributed by atoms with E-state index in [1.54, 1.807) is 13.2 Å². The van der Waals surface area contributed by atoms with Crippen molar-refractivity contribution in [2.24, 2.45) is 0 Å². The van der Waals surface area contributed by atoms with Crippen LogP contribution in [0, 0.1) is 0 Å². The number of amides is 1. The van der Waals surface area contributed by atoms with Crippen LogP contribution in [0.15, 0.2) is 24.3 Å². The van der Waals surface area contributed by atoms with E-state index in [1.807, 2.05) is 24.0 Å². The van der Waals surface area contributed by atoms with Crippen molar-refractivity contribution in [2.75, 3.05) is 20.3 Å². The maximum absolute atomic E-state index is 12.7. The molecule has 1 N–H and O–H groups in total. The summed E-state index contributed by atoms with van der Waals surface area (Å²) in [7, 11) is 1.67. The largest absolute Gasteiger partial charge is 0.497 e. The molecule has 0 radical (unpaired) electrons. The quantitative estimate of drug-likeness (QED) is 0.941. The van der Waals surface area contributed by atoms with E-state index in [-0.39, 0.29) is 5.91 Å². The van der Waals surface area contributed by atoms with Gasteiger partial charge < -0.3 is 14.4 Å². The Morgan fingerprint density at radius 1 is 1.35 bits per heavy atom. The number of carbonyl (C=O) groups excluding carboxylic acids is 1. The monoisotopic (exact) mass is 315 g/mol. The number of aryl methyl sites for hydroxylation is 1. The number of ether oxygens (including phenoxy) is 2. The van der Waals surface area contributed by atoms with Crippen molar-refractivity contribution in [3.05, 3.63) is 41.1 Å². The topological polar surface area (TPSA) is 67.4 Å². The molecule has 0 aliphatic carbocycles. The summed E-state index contributed by atoms with van der Waals surface area (Å²) < 4.78 is 10.6. The first-order valence-corrected chi connectivity index (χ1v) is 7.84. The van der Waals surface area contributed by atoms with Crippen molar-refractivity contribution in [2.45, 2.75) is 26.3 Å². The number of benzene rings is 1. The lowest BCUT2D eigenvalue weighted by Gasteiger charge is -2.20. The van der Waals surface area contributed by atoms with Crippen LogP contribution in [0.1, 0.15) is 35.0 Å². The zero-order valence-electron chi connectivity index (χ0n) is 13.5. The zero-order valence-corrected chi connectivity index (χ0v) is 13.5. The Kier molecular flexibility index (Phi) is 4.50. The standard InChI is InChI=1S/C17H21N3O3/c1-3-23-16-10-15(18-19-16)17(21)20-8-4-5-12-9-14(22-2)7-6-13(12)11-20/h6-7,9-10H,3-5,8,11H2,1-2H3,(H,18,19). The van der Waals surface area contributed by atoms with Crippen molar-refractivity contribution in [3.8, 4) is 11.6 Å². The summed E-state index contributed by atoms with van der Waals surface area (Å²) in [5.74, 6) is 1.27. The number of nitrogens with zero attached hydrogens (tertiary/aromatic N) is 2. The van der Waals surface area contributed by atoms with Gasteiger partial charge in [0.05, 0.1) is 13.7 Å². The number of methoxy groups -OCH3 is 1. The number of aromatic amines is 1. The lowest BCUT2D eigenvalue weighted by Crippen LogP contribution is -2.30. The maximum atomic E-state index is 12.7. The van der Waals surface area contributed by atoms with E-state index >= 15 is 0 Å². The minimum atomic E-state index is -0.0490. The molecule has 0 fully saturated rings. The molecular weight excluding hydrogens is 294 g/mol. The van der Waals surface area contributed by atoms with Gasteiger partial charge in [0.25, 0.3) is 5.91 Å². The van der Waals surface area contributed by atoms with E-state index in [0.717, 1.165) is 25.1 Å². The fourth-order valence-electron chi connectivity index (χ4n) is 2.84. The van der Waals surface area contributed by atoms with Crippen molar-refractivity contribution < 1.29 is 14.3 Å². The number of hydrogen-bond acceptors (Lipinski definition) is 4. The van der Waals surface area contributed by atoms with Gasteiger partial charge >= 0.3 is 0 Å². The van der Waals surface area contributed by atoms with Crippen LogP contribution in [-0.4, -0.2) is 41.3 Å². The molecule has 0 saturated carbocycles. The Balaban J connectivity index is 1.78. The molecule has 0 unspecified atom stereocenters. The smallest absolute Gasteiger partial charge is 0.272 e. The van der Waals surface area contributed by atoms with Crippen molar-refractivity contribution >= 4 is 5.91 Å². The lowest BCUT2D eigenvalue weighted by molar-refractivity contribution is 0.0740. The van der Waals surface area contributed by atoms with Gasteiger partial charge in [-0.15, -0.1) is 5.10 Å². The average Bonchev–Trinajstić information content (AvgIpc) is 2.92. The molecule has 2 heterocycles. The van der Waals surface area contributed by atoms with E-state index in [0.29, 0.717) is 24.7 Å². The second-order valence-electron chi connectivity index (χ2n) is 5.52. The van der Waals surface area contributed by atoms with Crippen LogP contribution in [0.2, 0.25) is 0 Å². The van der Waals surface area contributed by atoms with Gasteiger partial charge in [0.2, 0.25) is 5.88 Å². The van der Waals surface area contributed by atoms with Gasteiger partial charge in [0.1, 0.15) is 11.4 Å². The van der Waals surface area contributed by atoms with Gasteiger partial charge in [-0.25, -0.2) is 0 Å². The highest BCUT2D eigenvalue weighted by Crippen LogP contribution is 2.24. The average molecular weight is 315 g/mol. The van der Waals surface area contributed by atoms with Gasteiger partial charge in [-0.1, -0.05) is 6.07 Å². The van der Waals surface area contributed by atoms with Crippen LogP contribution in [0.4, 0.5) is 0 Å². The Bertz CT molecular complexity index is 696. The molecule has 0 saturated heterocycles. The summed E-state index contributed by atoms with van der Waals surface area (Å²) in [5.41, 5.74) is 2.88. The van der Waals surface area contributed by atoms with Gasteiger partial charge in [-0.2, -0.15) is 0 Å². The number of carbonyl (C=O) groups is 1. The second-order valence-corrected chi connectivity index (χ2v) is 5.52. The molecule has 6 nitrogen and oxygen atoms in total. The molecule has 0 atom stereocenters. The van der Waals surface area contributed by atoms with E-state index in [1.165, 1.54) is 11.1 Å². The molecular formula is C17H21N3O3. The fourth-order valence-corrected chi connectivity index (χ4v) is 2.84. The second kappa shape index (κ2) is 6.73. The van der Waals surface area contributed by atoms with Crippen LogP contribution in [0.3, 0.4) is 0 Å². The molecule has 0 bridgehead atoms. The third-order valence-corrected chi connectivity index (χ3v) is 4.01. The maximum Gasteiger partial charge on any atom is 0.272 e. The summed E-state index contributed by atoms with van der Waals surface area (Å²) in [4.78, 5) is 14.5. The van der Waals surface area contributed by atoms with Crippen LogP contribution in [0.5, 0.6) is 11.6 Å². The predicted molar refractivity (Wildman–Crippen MR) is 85.8 cm³/mol. The van der Waals surface area contributed by atoms with E-state index < -0.39 is 0 Å². The SMILES string of the molecule is CCOc1cc(C(=O)N2CCCc3cc(OC)ccc3C2)[nH]n1. The van der Waals surface area contributed by atoms with Crippen LogP contribution >= 0.6 is 0 Å². The summed E-state index contributed by atoms with van der Waals surface area (Å²) in [5, 5.41) is 6.77. The van der Waals surface area contributed by atoms with E-state index in [9.17, 15) is 4.79 Å². The minimum absolute atomic E-state index is 0.0490. The normalized spacial score (nSPS) is 14.1. The molecule has 1 aliphatic heterocycles. The van der Waals surface area contributed by atoms with Gasteiger partial charge in [-0.05, 0) is 43.0 Å². The predicted octanol–water partition coefficient (Wildman–Crippen LogP) is 2.41. The molecule has 1 aromatic heterocycles. The minimum Gasteiger partial charge on any atom is -0.497 e. The number of aromatic nitrogens is 2. The molecule has 1 aromatic carbocycles. The Labute approximate surface area is 135 Å². The summed E-state index contributed by atoms with van der Waals surface area (Å²) in [6.45, 7) is 3.73. The molecule has 6 heteroatoms. The zero-order chi connectivity index (χ0) is 16.2. The van der Waals surface area contributed by atoms with Gasteiger partial charge in [0.15, 0.2) is 0 Å². The highest BCUT2D eigenvalue weighted by atomic mass is 16.5. The number of nitrogens with one attached hydrogen (secondary N) is 1. The number of H-pyrrole nitrogens is 1. The molecule has 122 valence electrons. The van der Waals surface area contributed by atoms with Crippen molar-refractivity contribution in [1.82, 2.24) is 15.1 Å². The van der Waals surface area contributed by atoms with E-state index in [4.69, 9.17) is 9.47 Å². The number of fused-ring (bicyclic) bond motifs is 1. The van der Waals surface area contributed by atoms with Crippen LogP contribution < -0.4 is 9.47 Å². The lowest BCUT2D eigenvalue weighted by atomic mass is 10.0. The molecule has 3 rings (SSSR count).